The van der Waals surface area contributed by atoms with E-state index >= 15 is 0 Å². The van der Waals surface area contributed by atoms with Crippen LogP contribution in [0.1, 0.15) is 49.0 Å². The summed E-state index contributed by atoms with van der Waals surface area (Å²) in [6.45, 7) is 6.65. The maximum Gasteiger partial charge on any atom is 0.253 e. The summed E-state index contributed by atoms with van der Waals surface area (Å²) < 4.78 is 0. The molecule has 0 aromatic heterocycles. The number of anilines is 1. The minimum atomic E-state index is -0.0870. The first-order chi connectivity index (χ1) is 10.9. The van der Waals surface area contributed by atoms with Crippen molar-refractivity contribution < 1.29 is 9.59 Å². The highest BCUT2D eigenvalue weighted by Gasteiger charge is 2.20. The van der Waals surface area contributed by atoms with Gasteiger partial charge in [-0.25, -0.2) is 0 Å². The number of aryl methyl sites for hydroxylation is 1. The molecule has 1 heterocycles. The van der Waals surface area contributed by atoms with Crippen LogP contribution in [-0.2, 0) is 4.79 Å². The number of benzene rings is 1. The number of carbonyl (C=O) groups excluding carboxylic acids is 2. The Morgan fingerprint density at radius 3 is 2.83 bits per heavy atom. The molecule has 1 aliphatic heterocycles. The van der Waals surface area contributed by atoms with Gasteiger partial charge in [-0.1, -0.05) is 11.6 Å². The van der Waals surface area contributed by atoms with E-state index < -0.39 is 0 Å². The molecule has 1 aliphatic rings. The Hall–Kier alpha value is -2.04. The van der Waals surface area contributed by atoms with E-state index in [0.29, 0.717) is 24.6 Å². The Kier molecular flexibility index (Phi) is 5.64. The Labute approximate surface area is 138 Å². The van der Waals surface area contributed by atoms with Gasteiger partial charge in [0.1, 0.15) is 0 Å². The fourth-order valence-electron chi connectivity index (χ4n) is 2.76. The van der Waals surface area contributed by atoms with Gasteiger partial charge in [-0.15, -0.1) is 0 Å². The number of nitrogens with one attached hydrogen (secondary N) is 2. The monoisotopic (exact) mass is 317 g/mol. The van der Waals surface area contributed by atoms with Crippen molar-refractivity contribution in [1.82, 2.24) is 10.6 Å². The molecule has 23 heavy (non-hydrogen) atoms. The average Bonchev–Trinajstić information content (AvgIpc) is 2.52. The molecule has 0 spiro atoms. The third-order valence-electron chi connectivity index (χ3n) is 4.38. The molecule has 1 aromatic rings. The first-order valence-corrected chi connectivity index (χ1v) is 8.29. The summed E-state index contributed by atoms with van der Waals surface area (Å²) in [4.78, 5) is 26.1. The summed E-state index contributed by atoms with van der Waals surface area (Å²) in [5, 5.41) is 5.90. The minimum Gasteiger partial charge on any atom is -0.372 e. The molecule has 2 rings (SSSR count). The molecule has 0 unspecified atom stereocenters. The molecule has 5 nitrogen and oxygen atoms in total. The zero-order valence-electron chi connectivity index (χ0n) is 14.5. The van der Waals surface area contributed by atoms with Gasteiger partial charge in [-0.3, -0.25) is 9.59 Å². The average molecular weight is 317 g/mol. The lowest BCUT2D eigenvalue weighted by molar-refractivity contribution is -0.123. The van der Waals surface area contributed by atoms with Crippen LogP contribution in [0.2, 0.25) is 0 Å². The van der Waals surface area contributed by atoms with Crippen LogP contribution in [-0.4, -0.2) is 37.5 Å². The van der Waals surface area contributed by atoms with Crippen LogP contribution in [0.15, 0.2) is 18.2 Å². The van der Waals surface area contributed by atoms with E-state index in [1.807, 2.05) is 32.2 Å². The smallest absolute Gasteiger partial charge is 0.253 e. The van der Waals surface area contributed by atoms with Crippen molar-refractivity contribution in [3.63, 3.8) is 0 Å². The second-order valence-corrected chi connectivity index (χ2v) is 6.59. The zero-order chi connectivity index (χ0) is 17.0. The quantitative estimate of drug-likeness (QED) is 0.875. The first kappa shape index (κ1) is 17.3. The van der Waals surface area contributed by atoms with Crippen molar-refractivity contribution in [3.8, 4) is 0 Å². The Morgan fingerprint density at radius 1 is 1.43 bits per heavy atom. The van der Waals surface area contributed by atoms with Crippen LogP contribution in [0, 0.1) is 6.92 Å². The Bertz CT molecular complexity index is 584. The molecule has 1 fully saturated rings. The number of piperidine rings is 1. The van der Waals surface area contributed by atoms with Crippen molar-refractivity contribution in [1.29, 1.82) is 0 Å². The van der Waals surface area contributed by atoms with Gasteiger partial charge in [-0.05, 0) is 45.7 Å². The van der Waals surface area contributed by atoms with Gasteiger partial charge in [0.05, 0.1) is 5.56 Å². The number of carbonyl (C=O) groups is 2. The number of hydrogen-bond acceptors (Lipinski definition) is 3. The molecule has 126 valence electrons. The highest BCUT2D eigenvalue weighted by molar-refractivity contribution is 6.00. The van der Waals surface area contributed by atoms with Crippen LogP contribution in [0.25, 0.3) is 0 Å². The van der Waals surface area contributed by atoms with Crippen LogP contribution in [0.5, 0.6) is 0 Å². The fraction of sp³-hybridized carbons (Fsp3) is 0.556. The normalized spacial score (nSPS) is 17.8. The third-order valence-corrected chi connectivity index (χ3v) is 4.38. The molecule has 5 heteroatoms. The summed E-state index contributed by atoms with van der Waals surface area (Å²) >= 11 is 0. The van der Waals surface area contributed by atoms with Gasteiger partial charge in [0.2, 0.25) is 5.91 Å². The molecule has 1 aromatic carbocycles. The largest absolute Gasteiger partial charge is 0.372 e. The summed E-state index contributed by atoms with van der Waals surface area (Å²) in [7, 11) is 1.99. The van der Waals surface area contributed by atoms with Crippen LogP contribution in [0.3, 0.4) is 0 Å². The van der Waals surface area contributed by atoms with Gasteiger partial charge in [0.25, 0.3) is 5.91 Å². The fourth-order valence-corrected chi connectivity index (χ4v) is 2.76. The Morgan fingerprint density at radius 2 is 2.17 bits per heavy atom. The van der Waals surface area contributed by atoms with Gasteiger partial charge in [0, 0.05) is 37.8 Å². The molecule has 1 atom stereocenters. The standard InChI is InChI=1S/C18H27N3O2/c1-12(2)21(4)16-9-8-13(3)10-15(16)18(23)19-11-14-6-5-7-17(22)20-14/h8-10,12,14H,5-7,11H2,1-4H3,(H,19,23)(H,20,22)/t14-/m1/s1. The van der Waals surface area contributed by atoms with E-state index in [9.17, 15) is 9.59 Å². The zero-order valence-corrected chi connectivity index (χ0v) is 14.5. The van der Waals surface area contributed by atoms with E-state index in [-0.39, 0.29) is 17.9 Å². The van der Waals surface area contributed by atoms with Crippen molar-refractivity contribution >= 4 is 17.5 Å². The van der Waals surface area contributed by atoms with E-state index in [0.717, 1.165) is 24.1 Å². The summed E-state index contributed by atoms with van der Waals surface area (Å²) in [5.41, 5.74) is 2.67. The number of nitrogens with zero attached hydrogens (tertiary/aromatic N) is 1. The van der Waals surface area contributed by atoms with Gasteiger partial charge in [-0.2, -0.15) is 0 Å². The minimum absolute atomic E-state index is 0.0382. The van der Waals surface area contributed by atoms with E-state index in [2.05, 4.69) is 29.4 Å². The molecule has 2 N–H and O–H groups in total. The SMILES string of the molecule is Cc1ccc(N(C)C(C)C)c(C(=O)NC[C@H]2CCCC(=O)N2)c1. The van der Waals surface area contributed by atoms with Crippen molar-refractivity contribution in [2.45, 2.75) is 52.1 Å². The molecule has 1 saturated heterocycles. The molecule has 0 radical (unpaired) electrons. The van der Waals surface area contributed by atoms with E-state index in [1.54, 1.807) is 0 Å². The van der Waals surface area contributed by atoms with E-state index in [4.69, 9.17) is 0 Å². The summed E-state index contributed by atoms with van der Waals surface area (Å²) in [5.74, 6) is -0.0118. The molecule has 0 aliphatic carbocycles. The number of rotatable bonds is 5. The highest BCUT2D eigenvalue weighted by Crippen LogP contribution is 2.22. The number of amides is 2. The lowest BCUT2D eigenvalue weighted by Gasteiger charge is -2.27. The maximum absolute atomic E-state index is 12.6. The van der Waals surface area contributed by atoms with Crippen molar-refractivity contribution in [3.05, 3.63) is 29.3 Å². The second kappa shape index (κ2) is 7.49. The second-order valence-electron chi connectivity index (χ2n) is 6.59. The molecule has 0 saturated carbocycles. The van der Waals surface area contributed by atoms with Crippen molar-refractivity contribution in [2.24, 2.45) is 0 Å². The lowest BCUT2D eigenvalue weighted by atomic mass is 10.0. The molecule has 0 bridgehead atoms. The van der Waals surface area contributed by atoms with Gasteiger partial charge < -0.3 is 15.5 Å². The lowest BCUT2D eigenvalue weighted by Crippen LogP contribution is -2.46. The Balaban J connectivity index is 2.08. The van der Waals surface area contributed by atoms with Crippen LogP contribution < -0.4 is 15.5 Å². The topological polar surface area (TPSA) is 61.4 Å². The van der Waals surface area contributed by atoms with Crippen LogP contribution in [0.4, 0.5) is 5.69 Å². The molecular weight excluding hydrogens is 290 g/mol. The van der Waals surface area contributed by atoms with Gasteiger partial charge in [0.15, 0.2) is 0 Å². The highest BCUT2D eigenvalue weighted by atomic mass is 16.2. The third kappa shape index (κ3) is 4.47. The molecule has 2 amide bonds. The predicted octanol–water partition coefficient (Wildman–Crippen LogP) is 2.24. The summed E-state index contributed by atoms with van der Waals surface area (Å²) in [6.07, 6.45) is 2.39. The maximum atomic E-state index is 12.6. The first-order valence-electron chi connectivity index (χ1n) is 8.29. The number of hydrogen-bond donors (Lipinski definition) is 2. The van der Waals surface area contributed by atoms with Gasteiger partial charge >= 0.3 is 0 Å². The molecular formula is C18H27N3O2. The predicted molar refractivity (Wildman–Crippen MR) is 92.8 cm³/mol. The summed E-state index contributed by atoms with van der Waals surface area (Å²) in [6, 6.07) is 6.28. The van der Waals surface area contributed by atoms with Crippen LogP contribution >= 0.6 is 0 Å². The van der Waals surface area contributed by atoms with E-state index in [1.165, 1.54) is 0 Å². The van der Waals surface area contributed by atoms with Crippen molar-refractivity contribution in [2.75, 3.05) is 18.5 Å².